The summed E-state index contributed by atoms with van der Waals surface area (Å²) in [5.41, 5.74) is 10.3. The van der Waals surface area contributed by atoms with Crippen LogP contribution in [0.2, 0.25) is 0 Å². The molecule has 1 amide bonds. The van der Waals surface area contributed by atoms with Gasteiger partial charge in [0.15, 0.2) is 0 Å². The summed E-state index contributed by atoms with van der Waals surface area (Å²) in [7, 11) is 0. The second kappa shape index (κ2) is 8.78. The van der Waals surface area contributed by atoms with Crippen LogP contribution < -0.4 is 5.73 Å². The summed E-state index contributed by atoms with van der Waals surface area (Å²) < 4.78 is 0. The predicted molar refractivity (Wildman–Crippen MR) is 120 cm³/mol. The van der Waals surface area contributed by atoms with Gasteiger partial charge in [-0.3, -0.25) is 9.78 Å². The van der Waals surface area contributed by atoms with E-state index in [0.717, 1.165) is 22.0 Å². The molecule has 2 N–H and O–H groups in total. The molecule has 0 aliphatic carbocycles. The van der Waals surface area contributed by atoms with Crippen LogP contribution in [-0.4, -0.2) is 30.7 Å². The highest BCUT2D eigenvalue weighted by atomic mass is 16.2. The van der Waals surface area contributed by atoms with E-state index in [2.05, 4.69) is 19.9 Å². The van der Waals surface area contributed by atoms with Gasteiger partial charge in [-0.15, -0.1) is 0 Å². The molecule has 4 rings (SSSR count). The third kappa shape index (κ3) is 4.23. The van der Waals surface area contributed by atoms with Crippen molar-refractivity contribution in [3.8, 4) is 6.07 Å². The van der Waals surface area contributed by atoms with Crippen molar-refractivity contribution < 1.29 is 4.79 Å². The van der Waals surface area contributed by atoms with Crippen LogP contribution in [0.25, 0.3) is 10.9 Å². The average Bonchev–Trinajstić information content (AvgIpc) is 2.83. The first-order valence-electron chi connectivity index (χ1n) is 10.0. The van der Waals surface area contributed by atoms with Crippen LogP contribution in [0.5, 0.6) is 0 Å². The van der Waals surface area contributed by atoms with Crippen molar-refractivity contribution >= 4 is 22.6 Å². The first kappa shape index (κ1) is 20.9. The largest absolute Gasteiger partial charge is 0.383 e. The molecule has 3 heterocycles. The molecule has 3 aromatic heterocycles. The van der Waals surface area contributed by atoms with Gasteiger partial charge in [0.2, 0.25) is 0 Å². The molecule has 158 valence electrons. The van der Waals surface area contributed by atoms with Gasteiger partial charge in [0.25, 0.3) is 5.91 Å². The second-order valence-electron chi connectivity index (χ2n) is 7.46. The predicted octanol–water partition coefficient (Wildman–Crippen LogP) is 3.33. The van der Waals surface area contributed by atoms with Gasteiger partial charge in [-0.2, -0.15) is 5.26 Å². The number of carbonyl (C=O) groups is 1. The number of anilines is 1. The van der Waals surface area contributed by atoms with E-state index < -0.39 is 0 Å². The van der Waals surface area contributed by atoms with Gasteiger partial charge in [-0.1, -0.05) is 0 Å². The van der Waals surface area contributed by atoms with Gasteiger partial charge in [0, 0.05) is 29.5 Å². The normalized spacial score (nSPS) is 10.7. The fourth-order valence-electron chi connectivity index (χ4n) is 3.42. The van der Waals surface area contributed by atoms with Crippen LogP contribution in [0.15, 0.2) is 55.0 Å². The van der Waals surface area contributed by atoms with E-state index in [9.17, 15) is 4.79 Å². The zero-order valence-electron chi connectivity index (χ0n) is 17.8. The fraction of sp³-hybridized carbons (Fsp3) is 0.167. The minimum atomic E-state index is -0.181. The lowest BCUT2D eigenvalue weighted by atomic mass is 10.0. The molecule has 0 radical (unpaired) electrons. The molecular formula is C24H21N7O. The quantitative estimate of drug-likeness (QED) is 0.522. The van der Waals surface area contributed by atoms with Crippen molar-refractivity contribution in [3.05, 3.63) is 88.8 Å². The molecule has 32 heavy (non-hydrogen) atoms. The molecule has 0 atom stereocenters. The lowest BCUT2D eigenvalue weighted by molar-refractivity contribution is 0.0723. The zero-order chi connectivity index (χ0) is 22.7. The molecule has 0 aliphatic heterocycles. The van der Waals surface area contributed by atoms with E-state index >= 15 is 0 Å². The number of nitrogens with zero attached hydrogens (tertiary/aromatic N) is 6. The molecule has 0 saturated heterocycles. The Kier molecular flexibility index (Phi) is 5.73. The van der Waals surface area contributed by atoms with Gasteiger partial charge >= 0.3 is 0 Å². The zero-order valence-corrected chi connectivity index (χ0v) is 17.8. The summed E-state index contributed by atoms with van der Waals surface area (Å²) >= 11 is 0. The number of aryl methyl sites for hydroxylation is 1. The molecule has 0 bridgehead atoms. The maximum Gasteiger partial charge on any atom is 0.254 e. The number of nitrogens with two attached hydrogens (primary N) is 1. The molecule has 0 aliphatic rings. The molecular weight excluding hydrogens is 402 g/mol. The molecule has 8 heteroatoms. The number of fused-ring (bicyclic) bond motifs is 1. The highest BCUT2D eigenvalue weighted by Gasteiger charge is 2.20. The first-order chi connectivity index (χ1) is 15.5. The van der Waals surface area contributed by atoms with Gasteiger partial charge in [-0.05, 0) is 61.4 Å². The maximum atomic E-state index is 13.5. The van der Waals surface area contributed by atoms with E-state index in [4.69, 9.17) is 11.0 Å². The molecule has 4 aromatic rings. The van der Waals surface area contributed by atoms with Crippen LogP contribution in [0.1, 0.15) is 38.6 Å². The van der Waals surface area contributed by atoms with Crippen LogP contribution >= 0.6 is 0 Å². The van der Waals surface area contributed by atoms with Crippen molar-refractivity contribution in [2.45, 2.75) is 26.9 Å². The topological polar surface area (TPSA) is 122 Å². The number of benzene rings is 1. The number of hydrogen-bond acceptors (Lipinski definition) is 7. The Labute approximate surface area is 185 Å². The number of hydrogen-bond donors (Lipinski definition) is 1. The molecule has 0 saturated carbocycles. The maximum absolute atomic E-state index is 13.5. The Bertz CT molecular complexity index is 1330. The Balaban J connectivity index is 1.70. The lowest BCUT2D eigenvalue weighted by Gasteiger charge is -2.22. The number of pyridine rings is 2. The summed E-state index contributed by atoms with van der Waals surface area (Å²) in [6.45, 7) is 4.36. The third-order valence-corrected chi connectivity index (χ3v) is 5.38. The lowest BCUT2D eigenvalue weighted by Crippen LogP contribution is -2.31. The Hall–Kier alpha value is -4.38. The average molecular weight is 423 g/mol. The first-order valence-corrected chi connectivity index (χ1v) is 10.0. The summed E-state index contributed by atoms with van der Waals surface area (Å²) in [5.74, 6) is 0.833. The molecule has 0 spiro atoms. The molecule has 0 fully saturated rings. The van der Waals surface area contributed by atoms with Gasteiger partial charge in [0.1, 0.15) is 17.7 Å². The summed E-state index contributed by atoms with van der Waals surface area (Å²) in [4.78, 5) is 32.4. The highest BCUT2D eigenvalue weighted by Crippen LogP contribution is 2.25. The van der Waals surface area contributed by atoms with Gasteiger partial charge < -0.3 is 10.6 Å². The van der Waals surface area contributed by atoms with Crippen molar-refractivity contribution in [3.63, 3.8) is 0 Å². The second-order valence-corrected chi connectivity index (χ2v) is 7.46. The van der Waals surface area contributed by atoms with E-state index in [1.54, 1.807) is 41.6 Å². The number of nitriles is 1. The number of nitrogen functional groups attached to an aromatic ring is 1. The van der Waals surface area contributed by atoms with Crippen molar-refractivity contribution in [2.75, 3.05) is 5.73 Å². The minimum Gasteiger partial charge on any atom is -0.383 e. The van der Waals surface area contributed by atoms with Crippen molar-refractivity contribution in [2.24, 2.45) is 0 Å². The molecule has 0 unspecified atom stereocenters. The van der Waals surface area contributed by atoms with Crippen molar-refractivity contribution in [1.82, 2.24) is 24.8 Å². The van der Waals surface area contributed by atoms with Crippen LogP contribution in [0.3, 0.4) is 0 Å². The minimum absolute atomic E-state index is 0.181. The van der Waals surface area contributed by atoms with E-state index in [-0.39, 0.29) is 19.0 Å². The molecule has 8 nitrogen and oxygen atoms in total. The standard InChI is InChI=1S/C24H21N7O/c1-15-16(2)23(26)30-21-7-5-18(10-20(15)21)24(32)31(14-22-27-8-3-9-28-22)13-19-6-4-17(11-25)12-29-19/h3-10,12H,13-14H2,1-2H3,(H2,26,30). The SMILES string of the molecule is Cc1c(N)nc2ccc(C(=O)N(Cc3ccc(C#N)cn3)Cc3ncccn3)cc2c1C. The number of rotatable bonds is 5. The van der Waals surface area contributed by atoms with Crippen molar-refractivity contribution in [1.29, 1.82) is 5.26 Å². The fourth-order valence-corrected chi connectivity index (χ4v) is 3.42. The monoisotopic (exact) mass is 423 g/mol. The smallest absolute Gasteiger partial charge is 0.254 e. The summed E-state index contributed by atoms with van der Waals surface area (Å²) in [6, 6.07) is 12.6. The van der Waals surface area contributed by atoms with Crippen LogP contribution in [0, 0.1) is 25.2 Å². The number of aromatic nitrogens is 4. The number of carbonyl (C=O) groups excluding carboxylic acids is 1. The Morgan fingerprint density at radius 1 is 1.06 bits per heavy atom. The Morgan fingerprint density at radius 3 is 2.53 bits per heavy atom. The van der Waals surface area contributed by atoms with Gasteiger partial charge in [0.05, 0.1) is 29.9 Å². The van der Waals surface area contributed by atoms with E-state index in [1.165, 1.54) is 6.20 Å². The van der Waals surface area contributed by atoms with E-state index in [0.29, 0.717) is 28.5 Å². The summed E-state index contributed by atoms with van der Waals surface area (Å²) in [5, 5.41) is 9.89. The van der Waals surface area contributed by atoms with Crippen LogP contribution in [0.4, 0.5) is 5.82 Å². The van der Waals surface area contributed by atoms with Crippen LogP contribution in [-0.2, 0) is 13.1 Å². The number of amides is 1. The Morgan fingerprint density at radius 2 is 1.84 bits per heavy atom. The van der Waals surface area contributed by atoms with Gasteiger partial charge in [-0.25, -0.2) is 15.0 Å². The third-order valence-electron chi connectivity index (χ3n) is 5.38. The summed E-state index contributed by atoms with van der Waals surface area (Å²) in [6.07, 6.45) is 4.78. The highest BCUT2D eigenvalue weighted by molar-refractivity contribution is 5.99. The van der Waals surface area contributed by atoms with E-state index in [1.807, 2.05) is 32.0 Å². The molecule has 1 aromatic carbocycles.